The van der Waals surface area contributed by atoms with Gasteiger partial charge in [0.15, 0.2) is 6.61 Å². The summed E-state index contributed by atoms with van der Waals surface area (Å²) in [7, 11) is 1.59. The Kier molecular flexibility index (Phi) is 7.48. The fourth-order valence-corrected chi connectivity index (χ4v) is 4.08. The van der Waals surface area contributed by atoms with Crippen LogP contribution >= 0.6 is 27.3 Å². The number of para-hydroxylation sites is 1. The molecule has 1 N–H and O–H groups in total. The third kappa shape index (κ3) is 5.20. The highest BCUT2D eigenvalue weighted by molar-refractivity contribution is 9.10. The molecular weight excluding hydrogens is 470 g/mol. The normalized spacial score (nSPS) is 10.4. The molecule has 0 fully saturated rings. The SMILES string of the molecule is CCOC(=O)c1c(-c2ccc(OC)cc2)csc1NC(=O)COc1ccccc1Br. The fraction of sp³-hybridized carbons (Fsp3) is 0.182. The van der Waals surface area contributed by atoms with Crippen LogP contribution in [0, 0.1) is 0 Å². The molecule has 0 radical (unpaired) electrons. The van der Waals surface area contributed by atoms with Crippen molar-refractivity contribution in [1.82, 2.24) is 0 Å². The Morgan fingerprint density at radius 3 is 2.50 bits per heavy atom. The number of amides is 1. The van der Waals surface area contributed by atoms with Crippen LogP contribution in [0.1, 0.15) is 17.3 Å². The Morgan fingerprint density at radius 2 is 1.83 bits per heavy atom. The van der Waals surface area contributed by atoms with Crippen LogP contribution in [0.5, 0.6) is 11.5 Å². The van der Waals surface area contributed by atoms with Crippen LogP contribution in [0.2, 0.25) is 0 Å². The molecule has 30 heavy (non-hydrogen) atoms. The number of ether oxygens (including phenoxy) is 3. The van der Waals surface area contributed by atoms with Crippen molar-refractivity contribution in [2.45, 2.75) is 6.92 Å². The first-order chi connectivity index (χ1) is 14.5. The van der Waals surface area contributed by atoms with Crippen molar-refractivity contribution in [3.63, 3.8) is 0 Å². The zero-order valence-corrected chi connectivity index (χ0v) is 18.8. The van der Waals surface area contributed by atoms with Gasteiger partial charge >= 0.3 is 5.97 Å². The van der Waals surface area contributed by atoms with Crippen LogP contribution in [0.4, 0.5) is 5.00 Å². The summed E-state index contributed by atoms with van der Waals surface area (Å²) in [5.41, 5.74) is 1.82. The second kappa shape index (κ2) is 10.3. The van der Waals surface area contributed by atoms with Gasteiger partial charge in [0, 0.05) is 10.9 Å². The Labute approximate surface area is 186 Å². The summed E-state index contributed by atoms with van der Waals surface area (Å²) >= 11 is 4.64. The Bertz CT molecular complexity index is 1030. The first-order valence-corrected chi connectivity index (χ1v) is 10.8. The molecular formula is C22H20BrNO5S. The maximum atomic E-state index is 12.6. The smallest absolute Gasteiger partial charge is 0.341 e. The second-order valence-electron chi connectivity index (χ2n) is 6.07. The van der Waals surface area contributed by atoms with Crippen molar-refractivity contribution in [3.05, 3.63) is 63.9 Å². The molecule has 0 aliphatic carbocycles. The van der Waals surface area contributed by atoms with Crippen LogP contribution in [0.25, 0.3) is 11.1 Å². The lowest BCUT2D eigenvalue weighted by Crippen LogP contribution is -2.21. The third-order valence-electron chi connectivity index (χ3n) is 4.12. The molecule has 1 heterocycles. The number of hydrogen-bond acceptors (Lipinski definition) is 6. The van der Waals surface area contributed by atoms with E-state index in [9.17, 15) is 9.59 Å². The van der Waals surface area contributed by atoms with Crippen molar-refractivity contribution in [1.29, 1.82) is 0 Å². The summed E-state index contributed by atoms with van der Waals surface area (Å²) < 4.78 is 16.7. The average Bonchev–Trinajstić information content (AvgIpc) is 3.17. The highest BCUT2D eigenvalue weighted by atomic mass is 79.9. The first-order valence-electron chi connectivity index (χ1n) is 9.13. The van der Waals surface area contributed by atoms with E-state index in [2.05, 4.69) is 21.2 Å². The number of esters is 1. The Hall–Kier alpha value is -2.84. The molecule has 156 valence electrons. The summed E-state index contributed by atoms with van der Waals surface area (Å²) in [5.74, 6) is 0.402. The van der Waals surface area contributed by atoms with Crippen LogP contribution < -0.4 is 14.8 Å². The largest absolute Gasteiger partial charge is 0.497 e. The van der Waals surface area contributed by atoms with Crippen LogP contribution in [0.15, 0.2) is 58.4 Å². The van der Waals surface area contributed by atoms with Crippen LogP contribution in [-0.4, -0.2) is 32.2 Å². The predicted molar refractivity (Wildman–Crippen MR) is 121 cm³/mol. The zero-order chi connectivity index (χ0) is 21.5. The molecule has 1 amide bonds. The molecule has 0 aliphatic heterocycles. The number of hydrogen-bond donors (Lipinski definition) is 1. The summed E-state index contributed by atoms with van der Waals surface area (Å²) in [5, 5.41) is 5.00. The van der Waals surface area contributed by atoms with E-state index in [1.54, 1.807) is 20.1 Å². The van der Waals surface area contributed by atoms with Gasteiger partial charge in [-0.2, -0.15) is 0 Å². The topological polar surface area (TPSA) is 73.9 Å². The highest BCUT2D eigenvalue weighted by Crippen LogP contribution is 2.37. The van der Waals surface area contributed by atoms with Gasteiger partial charge in [-0.25, -0.2) is 4.79 Å². The van der Waals surface area contributed by atoms with Gasteiger partial charge in [0.2, 0.25) is 0 Å². The third-order valence-corrected chi connectivity index (χ3v) is 5.67. The quantitative estimate of drug-likeness (QED) is 0.430. The number of nitrogens with one attached hydrogen (secondary N) is 1. The second-order valence-corrected chi connectivity index (χ2v) is 7.80. The molecule has 2 aromatic carbocycles. The van der Waals surface area contributed by atoms with Gasteiger partial charge in [-0.05, 0) is 52.7 Å². The molecule has 0 unspecified atom stereocenters. The van der Waals surface area contributed by atoms with Crippen molar-refractivity contribution < 1.29 is 23.8 Å². The van der Waals surface area contributed by atoms with Crippen LogP contribution in [0.3, 0.4) is 0 Å². The molecule has 8 heteroatoms. The minimum Gasteiger partial charge on any atom is -0.497 e. The van der Waals surface area contributed by atoms with Crippen molar-refractivity contribution in [2.24, 2.45) is 0 Å². The maximum absolute atomic E-state index is 12.6. The number of carbonyl (C=O) groups is 2. The fourth-order valence-electron chi connectivity index (χ4n) is 2.71. The van der Waals surface area contributed by atoms with Crippen LogP contribution in [-0.2, 0) is 9.53 Å². The van der Waals surface area contributed by atoms with E-state index in [4.69, 9.17) is 14.2 Å². The minimum atomic E-state index is -0.494. The van der Waals surface area contributed by atoms with Gasteiger partial charge in [0.25, 0.3) is 5.91 Å². The number of carbonyl (C=O) groups excluding carboxylic acids is 2. The van der Waals surface area contributed by atoms with E-state index in [1.807, 2.05) is 47.8 Å². The molecule has 0 aliphatic rings. The lowest BCUT2D eigenvalue weighted by atomic mass is 10.0. The summed E-state index contributed by atoms with van der Waals surface area (Å²) in [6.45, 7) is 1.77. The molecule has 3 aromatic rings. The van der Waals surface area contributed by atoms with Gasteiger partial charge < -0.3 is 19.5 Å². The highest BCUT2D eigenvalue weighted by Gasteiger charge is 2.23. The minimum absolute atomic E-state index is 0.194. The number of anilines is 1. The Balaban J connectivity index is 1.81. The van der Waals surface area contributed by atoms with Crippen molar-refractivity contribution in [2.75, 3.05) is 25.6 Å². The molecule has 0 bridgehead atoms. The molecule has 3 rings (SSSR count). The molecule has 1 aromatic heterocycles. The number of halogens is 1. The van der Waals surface area contributed by atoms with Gasteiger partial charge in [0.1, 0.15) is 22.1 Å². The molecule has 6 nitrogen and oxygen atoms in total. The lowest BCUT2D eigenvalue weighted by molar-refractivity contribution is -0.118. The van der Waals surface area contributed by atoms with Gasteiger partial charge in [-0.3, -0.25) is 4.79 Å². The van der Waals surface area contributed by atoms with Gasteiger partial charge in [-0.15, -0.1) is 11.3 Å². The summed E-state index contributed by atoms with van der Waals surface area (Å²) in [6.07, 6.45) is 0. The zero-order valence-electron chi connectivity index (χ0n) is 16.4. The van der Waals surface area contributed by atoms with E-state index >= 15 is 0 Å². The summed E-state index contributed by atoms with van der Waals surface area (Å²) in [6, 6.07) is 14.6. The first kappa shape index (κ1) is 21.9. The number of methoxy groups -OCH3 is 1. The number of rotatable bonds is 8. The van der Waals surface area contributed by atoms with E-state index < -0.39 is 5.97 Å². The van der Waals surface area contributed by atoms with E-state index in [-0.39, 0.29) is 19.1 Å². The van der Waals surface area contributed by atoms with E-state index in [1.165, 1.54) is 11.3 Å². The predicted octanol–water partition coefficient (Wildman–Crippen LogP) is 5.38. The molecule has 0 spiro atoms. The van der Waals surface area contributed by atoms with Crippen molar-refractivity contribution in [3.8, 4) is 22.6 Å². The lowest BCUT2D eigenvalue weighted by Gasteiger charge is -2.10. The molecule has 0 atom stereocenters. The average molecular weight is 490 g/mol. The number of thiophene rings is 1. The number of benzene rings is 2. The van der Waals surface area contributed by atoms with Crippen molar-refractivity contribution >= 4 is 44.1 Å². The van der Waals surface area contributed by atoms with E-state index in [0.717, 1.165) is 10.0 Å². The summed E-state index contributed by atoms with van der Waals surface area (Å²) in [4.78, 5) is 25.1. The molecule has 0 saturated heterocycles. The van der Waals surface area contributed by atoms with Gasteiger partial charge in [-0.1, -0.05) is 24.3 Å². The monoisotopic (exact) mass is 489 g/mol. The van der Waals surface area contributed by atoms with Gasteiger partial charge in [0.05, 0.1) is 18.2 Å². The standard InChI is InChI=1S/C22H20BrNO5S/c1-3-28-22(26)20-16(14-8-10-15(27-2)11-9-14)13-30-21(20)24-19(25)12-29-18-7-5-4-6-17(18)23/h4-11,13H,3,12H2,1-2H3,(H,24,25). The Morgan fingerprint density at radius 1 is 1.10 bits per heavy atom. The molecule has 0 saturated carbocycles. The van der Waals surface area contributed by atoms with E-state index in [0.29, 0.717) is 27.6 Å². The maximum Gasteiger partial charge on any atom is 0.341 e.